The van der Waals surface area contributed by atoms with Gasteiger partial charge in [0.05, 0.1) is 6.26 Å². The molecule has 18 heavy (non-hydrogen) atoms. The van der Waals surface area contributed by atoms with E-state index in [-0.39, 0.29) is 0 Å². The SMILES string of the molecule is CCCN(CC)CCNC(C)CCc1ccco1. The summed E-state index contributed by atoms with van der Waals surface area (Å²) in [6.45, 7) is 11.3. The number of likely N-dealkylation sites (N-methyl/N-ethyl adjacent to an activating group) is 1. The van der Waals surface area contributed by atoms with E-state index in [2.05, 4.69) is 31.0 Å². The summed E-state index contributed by atoms with van der Waals surface area (Å²) in [6.07, 6.45) is 5.14. The molecule has 1 rings (SSSR count). The van der Waals surface area contributed by atoms with Crippen molar-refractivity contribution in [3.05, 3.63) is 24.2 Å². The first kappa shape index (κ1) is 15.3. The third-order valence-corrected chi connectivity index (χ3v) is 3.31. The summed E-state index contributed by atoms with van der Waals surface area (Å²) in [5.74, 6) is 1.09. The van der Waals surface area contributed by atoms with Crippen molar-refractivity contribution in [2.45, 2.75) is 46.1 Å². The fourth-order valence-electron chi connectivity index (χ4n) is 2.13. The molecule has 3 heteroatoms. The van der Waals surface area contributed by atoms with Gasteiger partial charge in [-0.3, -0.25) is 0 Å². The van der Waals surface area contributed by atoms with Crippen molar-refractivity contribution < 1.29 is 4.42 Å². The Bertz CT molecular complexity index is 285. The van der Waals surface area contributed by atoms with Crippen LogP contribution >= 0.6 is 0 Å². The Labute approximate surface area is 112 Å². The van der Waals surface area contributed by atoms with Crippen LogP contribution in [0.5, 0.6) is 0 Å². The molecule has 0 saturated carbocycles. The van der Waals surface area contributed by atoms with E-state index in [9.17, 15) is 0 Å². The molecule has 1 aromatic rings. The second kappa shape index (κ2) is 9.17. The lowest BCUT2D eigenvalue weighted by atomic mass is 10.1. The highest BCUT2D eigenvalue weighted by Crippen LogP contribution is 2.05. The third-order valence-electron chi connectivity index (χ3n) is 3.31. The highest BCUT2D eigenvalue weighted by molar-refractivity contribution is 4.98. The van der Waals surface area contributed by atoms with Gasteiger partial charge in [0, 0.05) is 25.6 Å². The molecule has 0 fully saturated rings. The molecule has 0 aliphatic heterocycles. The summed E-state index contributed by atoms with van der Waals surface area (Å²) in [4.78, 5) is 2.49. The van der Waals surface area contributed by atoms with Gasteiger partial charge < -0.3 is 14.6 Å². The standard InChI is InChI=1S/C15H28N2O/c1-4-11-17(5-2)12-10-16-14(3)8-9-15-7-6-13-18-15/h6-7,13-14,16H,4-5,8-12H2,1-3H3. The normalized spacial score (nSPS) is 13.1. The van der Waals surface area contributed by atoms with Crippen molar-refractivity contribution in [1.29, 1.82) is 0 Å². The summed E-state index contributed by atoms with van der Waals surface area (Å²) in [7, 11) is 0. The first-order valence-corrected chi connectivity index (χ1v) is 7.24. The van der Waals surface area contributed by atoms with E-state index >= 15 is 0 Å². The number of aryl methyl sites for hydroxylation is 1. The predicted octanol–water partition coefficient (Wildman–Crippen LogP) is 2.92. The number of nitrogens with zero attached hydrogens (tertiary/aromatic N) is 1. The van der Waals surface area contributed by atoms with Crippen LogP contribution < -0.4 is 5.32 Å². The Morgan fingerprint density at radius 2 is 2.17 bits per heavy atom. The molecule has 0 aliphatic rings. The molecule has 0 spiro atoms. The van der Waals surface area contributed by atoms with Crippen LogP contribution in [0.25, 0.3) is 0 Å². The van der Waals surface area contributed by atoms with Crippen LogP contribution in [0.15, 0.2) is 22.8 Å². The Balaban J connectivity index is 2.07. The van der Waals surface area contributed by atoms with Crippen molar-refractivity contribution in [1.82, 2.24) is 10.2 Å². The number of nitrogens with one attached hydrogen (secondary N) is 1. The van der Waals surface area contributed by atoms with Gasteiger partial charge in [-0.1, -0.05) is 13.8 Å². The summed E-state index contributed by atoms with van der Waals surface area (Å²) < 4.78 is 5.34. The van der Waals surface area contributed by atoms with E-state index in [1.807, 2.05) is 12.1 Å². The lowest BCUT2D eigenvalue weighted by Gasteiger charge is -2.21. The molecule has 104 valence electrons. The molecule has 1 aromatic heterocycles. The van der Waals surface area contributed by atoms with Gasteiger partial charge in [0.25, 0.3) is 0 Å². The molecule has 0 amide bonds. The van der Waals surface area contributed by atoms with Crippen LogP contribution in [-0.4, -0.2) is 37.1 Å². The molecule has 1 unspecified atom stereocenters. The Kier molecular flexibility index (Phi) is 7.78. The van der Waals surface area contributed by atoms with Crippen LogP contribution in [-0.2, 0) is 6.42 Å². The quantitative estimate of drug-likeness (QED) is 0.694. The van der Waals surface area contributed by atoms with Gasteiger partial charge >= 0.3 is 0 Å². The maximum atomic E-state index is 5.34. The zero-order chi connectivity index (χ0) is 13.2. The second-order valence-corrected chi connectivity index (χ2v) is 4.91. The molecule has 1 N–H and O–H groups in total. The van der Waals surface area contributed by atoms with Crippen molar-refractivity contribution in [3.8, 4) is 0 Å². The number of hydrogen-bond acceptors (Lipinski definition) is 3. The molecule has 0 radical (unpaired) electrons. The minimum atomic E-state index is 0.551. The van der Waals surface area contributed by atoms with Gasteiger partial charge in [0.2, 0.25) is 0 Å². The fraction of sp³-hybridized carbons (Fsp3) is 0.733. The van der Waals surface area contributed by atoms with Gasteiger partial charge in [0.15, 0.2) is 0 Å². The van der Waals surface area contributed by atoms with E-state index in [4.69, 9.17) is 4.42 Å². The van der Waals surface area contributed by atoms with E-state index < -0.39 is 0 Å². The topological polar surface area (TPSA) is 28.4 Å². The highest BCUT2D eigenvalue weighted by Gasteiger charge is 2.05. The summed E-state index contributed by atoms with van der Waals surface area (Å²) >= 11 is 0. The first-order valence-electron chi connectivity index (χ1n) is 7.24. The minimum absolute atomic E-state index is 0.551. The van der Waals surface area contributed by atoms with Gasteiger partial charge in [0.1, 0.15) is 5.76 Å². The van der Waals surface area contributed by atoms with Gasteiger partial charge in [-0.2, -0.15) is 0 Å². The van der Waals surface area contributed by atoms with Crippen LogP contribution in [0.1, 0.15) is 39.4 Å². The average Bonchev–Trinajstić information content (AvgIpc) is 2.88. The molecule has 1 atom stereocenters. The summed E-state index contributed by atoms with van der Waals surface area (Å²) in [5.41, 5.74) is 0. The predicted molar refractivity (Wildman–Crippen MR) is 76.9 cm³/mol. The first-order chi connectivity index (χ1) is 8.76. The van der Waals surface area contributed by atoms with Crippen LogP contribution in [0.3, 0.4) is 0 Å². The smallest absolute Gasteiger partial charge is 0.103 e. The minimum Gasteiger partial charge on any atom is -0.469 e. The summed E-state index contributed by atoms with van der Waals surface area (Å²) in [6, 6.07) is 4.56. The molecule has 1 heterocycles. The van der Waals surface area contributed by atoms with Crippen molar-refractivity contribution in [2.75, 3.05) is 26.2 Å². The molecule has 0 bridgehead atoms. The molecule has 0 aromatic carbocycles. The van der Waals surface area contributed by atoms with Crippen molar-refractivity contribution in [3.63, 3.8) is 0 Å². The van der Waals surface area contributed by atoms with E-state index in [0.717, 1.165) is 38.2 Å². The number of hydrogen-bond donors (Lipinski definition) is 1. The summed E-state index contributed by atoms with van der Waals surface area (Å²) in [5, 5.41) is 3.58. The zero-order valence-corrected chi connectivity index (χ0v) is 12.1. The maximum absolute atomic E-state index is 5.34. The van der Waals surface area contributed by atoms with E-state index in [0.29, 0.717) is 6.04 Å². The number of rotatable bonds is 10. The monoisotopic (exact) mass is 252 g/mol. The average molecular weight is 252 g/mol. The van der Waals surface area contributed by atoms with Crippen molar-refractivity contribution in [2.24, 2.45) is 0 Å². The zero-order valence-electron chi connectivity index (χ0n) is 12.1. The maximum Gasteiger partial charge on any atom is 0.103 e. The molecular weight excluding hydrogens is 224 g/mol. The largest absolute Gasteiger partial charge is 0.469 e. The van der Waals surface area contributed by atoms with Crippen molar-refractivity contribution >= 4 is 0 Å². The van der Waals surface area contributed by atoms with Gasteiger partial charge in [-0.15, -0.1) is 0 Å². The van der Waals surface area contributed by atoms with Crippen LogP contribution in [0.2, 0.25) is 0 Å². The Hall–Kier alpha value is -0.800. The second-order valence-electron chi connectivity index (χ2n) is 4.91. The lowest BCUT2D eigenvalue weighted by molar-refractivity contribution is 0.282. The number of furan rings is 1. The van der Waals surface area contributed by atoms with Crippen LogP contribution in [0.4, 0.5) is 0 Å². The molecule has 3 nitrogen and oxygen atoms in total. The highest BCUT2D eigenvalue weighted by atomic mass is 16.3. The Morgan fingerprint density at radius 3 is 2.78 bits per heavy atom. The molecular formula is C15H28N2O. The molecule has 0 aliphatic carbocycles. The van der Waals surface area contributed by atoms with Gasteiger partial charge in [-0.05, 0) is 45.0 Å². The van der Waals surface area contributed by atoms with E-state index in [1.54, 1.807) is 6.26 Å². The fourth-order valence-corrected chi connectivity index (χ4v) is 2.13. The molecule has 0 saturated heterocycles. The van der Waals surface area contributed by atoms with E-state index in [1.165, 1.54) is 13.0 Å². The lowest BCUT2D eigenvalue weighted by Crippen LogP contribution is -2.36. The van der Waals surface area contributed by atoms with Gasteiger partial charge in [-0.25, -0.2) is 0 Å². The third kappa shape index (κ3) is 6.22. The Morgan fingerprint density at radius 1 is 1.33 bits per heavy atom. The van der Waals surface area contributed by atoms with Crippen LogP contribution in [0, 0.1) is 0 Å².